The van der Waals surface area contributed by atoms with Gasteiger partial charge in [-0.15, -0.1) is 0 Å². The first-order chi connectivity index (χ1) is 15.2. The molecule has 2 N–H and O–H groups in total. The number of ether oxygens (including phenoxy) is 1. The van der Waals surface area contributed by atoms with Crippen molar-refractivity contribution in [2.45, 2.75) is 70.1 Å². The van der Waals surface area contributed by atoms with Gasteiger partial charge < -0.3 is 15.0 Å². The minimum absolute atomic E-state index is 0.130. The van der Waals surface area contributed by atoms with Crippen LogP contribution in [0.2, 0.25) is 0 Å². The maximum Gasteiger partial charge on any atom is 0.214 e. The zero-order chi connectivity index (χ0) is 22.8. The highest BCUT2D eigenvalue weighted by molar-refractivity contribution is 7.90. The van der Waals surface area contributed by atoms with Gasteiger partial charge in [-0.2, -0.15) is 0 Å². The molecule has 32 heavy (non-hydrogen) atoms. The molecule has 0 amide bonds. The van der Waals surface area contributed by atoms with E-state index in [9.17, 15) is 8.42 Å². The van der Waals surface area contributed by atoms with Gasteiger partial charge in [0.2, 0.25) is 10.0 Å². The van der Waals surface area contributed by atoms with Crippen LogP contribution in [0.15, 0.2) is 29.8 Å². The minimum atomic E-state index is -3.06. The van der Waals surface area contributed by atoms with Crippen molar-refractivity contribution in [2.75, 3.05) is 32.7 Å². The van der Waals surface area contributed by atoms with Crippen molar-refractivity contribution >= 4 is 15.7 Å². The molecular weight excluding hydrogens is 422 g/mol. The molecule has 0 aromatic heterocycles. The van der Waals surface area contributed by atoms with Gasteiger partial charge in [-0.1, -0.05) is 12.1 Å². The van der Waals surface area contributed by atoms with Gasteiger partial charge in [-0.25, -0.2) is 13.1 Å². The van der Waals surface area contributed by atoms with Gasteiger partial charge in [-0.05, 0) is 96.0 Å². The predicted octanol–water partition coefficient (Wildman–Crippen LogP) is 3.75. The average molecular weight is 462 g/mol. The Balaban J connectivity index is 1.23. The van der Waals surface area contributed by atoms with Crippen molar-refractivity contribution in [2.24, 2.45) is 5.92 Å². The Kier molecular flexibility index (Phi) is 7.18. The third-order valence-electron chi connectivity index (χ3n) is 6.37. The summed E-state index contributed by atoms with van der Waals surface area (Å²) in [6.07, 6.45) is 6.31. The lowest BCUT2D eigenvalue weighted by Gasteiger charge is -2.32. The molecule has 178 valence electrons. The van der Waals surface area contributed by atoms with Gasteiger partial charge in [0.1, 0.15) is 11.4 Å². The molecule has 1 aromatic carbocycles. The molecule has 1 heterocycles. The van der Waals surface area contributed by atoms with E-state index in [1.807, 2.05) is 6.07 Å². The number of hydrogen-bond donors (Lipinski definition) is 2. The van der Waals surface area contributed by atoms with Gasteiger partial charge in [0.25, 0.3) is 0 Å². The number of piperidine rings is 1. The first-order valence-electron chi connectivity index (χ1n) is 12.2. The van der Waals surface area contributed by atoms with Gasteiger partial charge in [-0.3, -0.25) is 0 Å². The monoisotopic (exact) mass is 461 g/mol. The second kappa shape index (κ2) is 9.74. The van der Waals surface area contributed by atoms with Crippen molar-refractivity contribution in [3.05, 3.63) is 35.4 Å². The fraction of sp³-hybridized carbons (Fsp3) is 0.680. The fourth-order valence-electron chi connectivity index (χ4n) is 4.32. The summed E-state index contributed by atoms with van der Waals surface area (Å²) < 4.78 is 32.8. The van der Waals surface area contributed by atoms with Crippen LogP contribution < -0.4 is 14.8 Å². The Hall–Kier alpha value is -1.57. The van der Waals surface area contributed by atoms with Crippen molar-refractivity contribution in [3.63, 3.8) is 0 Å². The Labute approximate surface area is 193 Å². The van der Waals surface area contributed by atoms with Gasteiger partial charge in [0.15, 0.2) is 0 Å². The van der Waals surface area contributed by atoms with Gasteiger partial charge in [0.05, 0.1) is 5.25 Å². The molecule has 6 nitrogen and oxygen atoms in total. The largest absolute Gasteiger partial charge is 0.488 e. The molecule has 0 bridgehead atoms. The third-order valence-corrected chi connectivity index (χ3v) is 8.33. The van der Waals surface area contributed by atoms with E-state index in [0.29, 0.717) is 12.5 Å². The van der Waals surface area contributed by atoms with Crippen LogP contribution in [-0.2, 0) is 10.0 Å². The number of allylic oxidation sites excluding steroid dienone is 1. The van der Waals surface area contributed by atoms with Crippen LogP contribution in [0.25, 0.3) is 5.70 Å². The van der Waals surface area contributed by atoms with E-state index in [-0.39, 0.29) is 10.9 Å². The maximum absolute atomic E-state index is 12.0. The Bertz CT molecular complexity index is 918. The van der Waals surface area contributed by atoms with Crippen LogP contribution in [-0.4, -0.2) is 56.9 Å². The summed E-state index contributed by atoms with van der Waals surface area (Å²) in [7, 11) is -3.06. The predicted molar refractivity (Wildman–Crippen MR) is 130 cm³/mol. The highest BCUT2D eigenvalue weighted by Crippen LogP contribution is 2.36. The zero-order valence-electron chi connectivity index (χ0n) is 19.8. The molecule has 1 aliphatic heterocycles. The SMILES string of the molecule is CC(C)(C)Oc1cccc(C(NCC2CCN(CCNS(=O)(=O)C3CC3)CC2)=C2CC2)c1. The van der Waals surface area contributed by atoms with Crippen LogP contribution in [0.3, 0.4) is 0 Å². The third kappa shape index (κ3) is 6.96. The summed E-state index contributed by atoms with van der Waals surface area (Å²) in [5.41, 5.74) is 3.82. The van der Waals surface area contributed by atoms with Crippen LogP contribution in [0.4, 0.5) is 0 Å². The number of rotatable bonds is 10. The summed E-state index contributed by atoms with van der Waals surface area (Å²) in [5, 5.41) is 3.64. The van der Waals surface area contributed by atoms with E-state index >= 15 is 0 Å². The molecule has 0 radical (unpaired) electrons. The summed E-state index contributed by atoms with van der Waals surface area (Å²) in [6, 6.07) is 8.44. The average Bonchev–Trinajstić information content (AvgIpc) is 3.61. The molecule has 0 spiro atoms. The lowest BCUT2D eigenvalue weighted by atomic mass is 9.96. The molecule has 3 fully saturated rings. The fourth-order valence-corrected chi connectivity index (χ4v) is 5.68. The number of hydrogen-bond acceptors (Lipinski definition) is 5. The van der Waals surface area contributed by atoms with Crippen molar-refractivity contribution in [1.29, 1.82) is 0 Å². The van der Waals surface area contributed by atoms with Crippen molar-refractivity contribution < 1.29 is 13.2 Å². The van der Waals surface area contributed by atoms with E-state index in [0.717, 1.165) is 57.6 Å². The van der Waals surface area contributed by atoms with Crippen molar-refractivity contribution in [1.82, 2.24) is 14.9 Å². The summed E-state index contributed by atoms with van der Waals surface area (Å²) in [5.74, 6) is 1.57. The topological polar surface area (TPSA) is 70.7 Å². The summed E-state index contributed by atoms with van der Waals surface area (Å²) in [4.78, 5) is 2.39. The Morgan fingerprint density at radius 2 is 1.84 bits per heavy atom. The summed E-state index contributed by atoms with van der Waals surface area (Å²) >= 11 is 0. The lowest BCUT2D eigenvalue weighted by Crippen LogP contribution is -2.41. The highest BCUT2D eigenvalue weighted by Gasteiger charge is 2.35. The van der Waals surface area contributed by atoms with Crippen molar-refractivity contribution in [3.8, 4) is 5.75 Å². The number of nitrogens with one attached hydrogen (secondary N) is 2. The number of sulfonamides is 1. The van der Waals surface area contributed by atoms with E-state index in [2.05, 4.69) is 53.9 Å². The molecule has 1 saturated heterocycles. The Morgan fingerprint density at radius 1 is 1.12 bits per heavy atom. The van der Waals surface area contributed by atoms with Crippen LogP contribution in [0, 0.1) is 5.92 Å². The molecule has 3 aliphatic rings. The van der Waals surface area contributed by atoms with E-state index in [1.165, 1.54) is 29.7 Å². The quantitative estimate of drug-likeness (QED) is 0.555. The van der Waals surface area contributed by atoms with E-state index < -0.39 is 10.0 Å². The first kappa shape index (κ1) is 23.6. The highest BCUT2D eigenvalue weighted by atomic mass is 32.2. The van der Waals surface area contributed by atoms with Crippen LogP contribution in [0.5, 0.6) is 5.75 Å². The first-order valence-corrected chi connectivity index (χ1v) is 13.7. The molecule has 0 unspecified atom stereocenters. The molecule has 2 saturated carbocycles. The molecule has 7 heteroatoms. The van der Waals surface area contributed by atoms with Crippen LogP contribution >= 0.6 is 0 Å². The minimum Gasteiger partial charge on any atom is -0.488 e. The maximum atomic E-state index is 12.0. The smallest absolute Gasteiger partial charge is 0.214 e. The molecule has 0 atom stereocenters. The Morgan fingerprint density at radius 3 is 2.47 bits per heavy atom. The van der Waals surface area contributed by atoms with Crippen LogP contribution in [0.1, 0.15) is 64.9 Å². The molecular formula is C25H39N3O3S. The zero-order valence-corrected chi connectivity index (χ0v) is 20.6. The van der Waals surface area contributed by atoms with Gasteiger partial charge in [0, 0.05) is 30.9 Å². The molecule has 2 aliphatic carbocycles. The number of likely N-dealkylation sites (tertiary alicyclic amines) is 1. The number of benzene rings is 1. The second-order valence-electron chi connectivity index (χ2n) is 10.5. The molecule has 4 rings (SSSR count). The normalized spacial score (nSPS) is 20.3. The number of nitrogens with zero attached hydrogens (tertiary/aromatic N) is 1. The summed E-state index contributed by atoms with van der Waals surface area (Å²) in [6.45, 7) is 10.6. The lowest BCUT2D eigenvalue weighted by molar-refractivity contribution is 0.131. The molecule has 1 aromatic rings. The van der Waals surface area contributed by atoms with E-state index in [4.69, 9.17) is 4.74 Å². The second-order valence-corrected chi connectivity index (χ2v) is 12.6. The standard InChI is InChI=1S/C25H39N3O3S/c1-25(2,3)31-22-6-4-5-21(17-22)24(20-7-8-20)26-18-19-11-14-28(15-12-19)16-13-27-32(29,30)23-9-10-23/h4-6,17,19,23,26-27H,7-16,18H2,1-3H3. The van der Waals surface area contributed by atoms with E-state index in [1.54, 1.807) is 0 Å². The van der Waals surface area contributed by atoms with Gasteiger partial charge >= 0.3 is 0 Å².